The van der Waals surface area contributed by atoms with Crippen LogP contribution < -0.4 is 0 Å². The zero-order chi connectivity index (χ0) is 13.3. The molecule has 0 saturated carbocycles. The van der Waals surface area contributed by atoms with Gasteiger partial charge in [0, 0.05) is 23.5 Å². The first kappa shape index (κ1) is 13.8. The van der Waals surface area contributed by atoms with E-state index in [0.29, 0.717) is 23.7 Å². The molecule has 1 heterocycles. The lowest BCUT2D eigenvalue weighted by molar-refractivity contribution is 0.0762. The molecule has 2 rings (SSSR count). The molecule has 1 aliphatic heterocycles. The first-order chi connectivity index (χ1) is 8.50. The van der Waals surface area contributed by atoms with E-state index in [0.717, 1.165) is 10.9 Å². The SMILES string of the molecule is CC(O)C1CCN(C(=O)c2cccc(Br)c2Cl)C1. The second kappa shape index (κ2) is 5.59. The molecule has 18 heavy (non-hydrogen) atoms. The first-order valence-corrected chi connectivity index (χ1v) is 7.09. The van der Waals surface area contributed by atoms with Gasteiger partial charge in [0.1, 0.15) is 0 Å². The quantitative estimate of drug-likeness (QED) is 0.904. The number of rotatable bonds is 2. The van der Waals surface area contributed by atoms with E-state index < -0.39 is 0 Å². The third-order valence-corrected chi connectivity index (χ3v) is 4.67. The summed E-state index contributed by atoms with van der Waals surface area (Å²) in [5.41, 5.74) is 0.511. The van der Waals surface area contributed by atoms with Crippen LogP contribution >= 0.6 is 27.5 Å². The maximum Gasteiger partial charge on any atom is 0.255 e. The van der Waals surface area contributed by atoms with Crippen LogP contribution in [0.5, 0.6) is 0 Å². The number of carbonyl (C=O) groups excluding carboxylic acids is 1. The van der Waals surface area contributed by atoms with E-state index in [9.17, 15) is 9.90 Å². The van der Waals surface area contributed by atoms with Gasteiger partial charge in [-0.1, -0.05) is 17.7 Å². The van der Waals surface area contributed by atoms with Crippen LogP contribution in [0, 0.1) is 5.92 Å². The molecule has 1 amide bonds. The maximum absolute atomic E-state index is 12.3. The zero-order valence-corrected chi connectivity index (χ0v) is 12.4. The van der Waals surface area contributed by atoms with Crippen LogP contribution in [0.2, 0.25) is 5.02 Å². The summed E-state index contributed by atoms with van der Waals surface area (Å²) in [7, 11) is 0. The molecule has 0 spiro atoms. The highest BCUT2D eigenvalue weighted by Gasteiger charge is 2.30. The number of amides is 1. The largest absolute Gasteiger partial charge is 0.393 e. The molecule has 0 bridgehead atoms. The molecule has 0 radical (unpaired) electrons. The average Bonchev–Trinajstić information content (AvgIpc) is 2.81. The lowest BCUT2D eigenvalue weighted by atomic mass is 10.0. The molecule has 3 nitrogen and oxygen atoms in total. The Morgan fingerprint density at radius 3 is 2.94 bits per heavy atom. The highest BCUT2D eigenvalue weighted by Crippen LogP contribution is 2.29. The highest BCUT2D eigenvalue weighted by atomic mass is 79.9. The number of hydrogen-bond donors (Lipinski definition) is 1. The molecular weight excluding hydrogens is 318 g/mol. The number of nitrogens with zero attached hydrogens (tertiary/aromatic N) is 1. The maximum atomic E-state index is 12.3. The average molecular weight is 333 g/mol. The van der Waals surface area contributed by atoms with Crippen LogP contribution in [-0.4, -0.2) is 35.1 Å². The molecule has 1 aromatic rings. The molecule has 2 unspecified atom stereocenters. The van der Waals surface area contributed by atoms with Gasteiger partial charge in [-0.25, -0.2) is 0 Å². The van der Waals surface area contributed by atoms with Crippen molar-refractivity contribution in [1.29, 1.82) is 0 Å². The Kier molecular flexibility index (Phi) is 4.30. The van der Waals surface area contributed by atoms with Crippen molar-refractivity contribution in [3.63, 3.8) is 0 Å². The lowest BCUT2D eigenvalue weighted by Gasteiger charge is -2.18. The van der Waals surface area contributed by atoms with Gasteiger partial charge in [-0.2, -0.15) is 0 Å². The van der Waals surface area contributed by atoms with E-state index in [1.807, 2.05) is 6.07 Å². The van der Waals surface area contributed by atoms with E-state index in [4.69, 9.17) is 11.6 Å². The minimum Gasteiger partial charge on any atom is -0.393 e. The van der Waals surface area contributed by atoms with Gasteiger partial charge in [0.15, 0.2) is 0 Å². The van der Waals surface area contributed by atoms with E-state index in [2.05, 4.69) is 15.9 Å². The molecule has 1 aromatic carbocycles. The predicted molar refractivity (Wildman–Crippen MR) is 74.8 cm³/mol. The van der Waals surface area contributed by atoms with E-state index in [1.165, 1.54) is 0 Å². The van der Waals surface area contributed by atoms with Crippen LogP contribution in [0.1, 0.15) is 23.7 Å². The fraction of sp³-hybridized carbons (Fsp3) is 0.462. The molecule has 0 aliphatic carbocycles. The van der Waals surface area contributed by atoms with Crippen LogP contribution in [0.3, 0.4) is 0 Å². The number of benzene rings is 1. The van der Waals surface area contributed by atoms with Crippen LogP contribution in [-0.2, 0) is 0 Å². The second-order valence-corrected chi connectivity index (χ2v) is 5.87. The molecular formula is C13H15BrClNO2. The van der Waals surface area contributed by atoms with Crippen molar-refractivity contribution < 1.29 is 9.90 Å². The highest BCUT2D eigenvalue weighted by molar-refractivity contribution is 9.10. The summed E-state index contributed by atoms with van der Waals surface area (Å²) in [4.78, 5) is 14.1. The third-order valence-electron chi connectivity index (χ3n) is 3.38. The minimum absolute atomic E-state index is 0.0653. The predicted octanol–water partition coefficient (Wildman–Crippen LogP) is 2.95. The number of hydrogen-bond acceptors (Lipinski definition) is 2. The normalized spacial score (nSPS) is 21.1. The van der Waals surface area contributed by atoms with Gasteiger partial charge in [-0.05, 0) is 41.4 Å². The number of halogens is 2. The molecule has 1 N–H and O–H groups in total. The Labute approximate surface area is 120 Å². The number of likely N-dealkylation sites (tertiary alicyclic amines) is 1. The fourth-order valence-corrected chi connectivity index (χ4v) is 2.78. The van der Waals surface area contributed by atoms with Crippen molar-refractivity contribution >= 4 is 33.4 Å². The molecule has 1 saturated heterocycles. The van der Waals surface area contributed by atoms with Gasteiger partial charge in [-0.15, -0.1) is 0 Å². The Morgan fingerprint density at radius 2 is 2.33 bits per heavy atom. The Morgan fingerprint density at radius 1 is 1.61 bits per heavy atom. The van der Waals surface area contributed by atoms with Crippen molar-refractivity contribution in [3.8, 4) is 0 Å². The summed E-state index contributed by atoms with van der Waals surface area (Å²) in [6, 6.07) is 5.33. The topological polar surface area (TPSA) is 40.5 Å². The van der Waals surface area contributed by atoms with Gasteiger partial charge in [0.25, 0.3) is 5.91 Å². The summed E-state index contributed by atoms with van der Waals surface area (Å²) in [6.07, 6.45) is 0.468. The first-order valence-electron chi connectivity index (χ1n) is 5.92. The summed E-state index contributed by atoms with van der Waals surface area (Å²) < 4.78 is 0.723. The Bertz CT molecular complexity index is 464. The van der Waals surface area contributed by atoms with Crippen molar-refractivity contribution in [2.75, 3.05) is 13.1 Å². The smallest absolute Gasteiger partial charge is 0.255 e. The standard InChI is InChI=1S/C13H15BrClNO2/c1-8(17)9-5-6-16(7-9)13(18)10-3-2-4-11(14)12(10)15/h2-4,8-9,17H,5-7H2,1H3. The van der Waals surface area contributed by atoms with Gasteiger partial charge < -0.3 is 10.0 Å². The van der Waals surface area contributed by atoms with Gasteiger partial charge in [0.05, 0.1) is 16.7 Å². The van der Waals surface area contributed by atoms with Crippen molar-refractivity contribution in [2.24, 2.45) is 5.92 Å². The van der Waals surface area contributed by atoms with Gasteiger partial charge >= 0.3 is 0 Å². The van der Waals surface area contributed by atoms with E-state index in [1.54, 1.807) is 24.0 Å². The van der Waals surface area contributed by atoms with Gasteiger partial charge in [0.2, 0.25) is 0 Å². The fourth-order valence-electron chi connectivity index (χ4n) is 2.20. The molecule has 0 aromatic heterocycles. The number of carbonyl (C=O) groups is 1. The lowest BCUT2D eigenvalue weighted by Crippen LogP contribution is -2.30. The van der Waals surface area contributed by atoms with E-state index in [-0.39, 0.29) is 17.9 Å². The third kappa shape index (κ3) is 2.71. The van der Waals surface area contributed by atoms with Crippen LogP contribution in [0.4, 0.5) is 0 Å². The van der Waals surface area contributed by atoms with E-state index >= 15 is 0 Å². The van der Waals surface area contributed by atoms with Gasteiger partial charge in [-0.3, -0.25) is 4.79 Å². The Hall–Kier alpha value is -0.580. The zero-order valence-electron chi connectivity index (χ0n) is 10.1. The minimum atomic E-state index is -0.374. The van der Waals surface area contributed by atoms with Crippen LogP contribution in [0.15, 0.2) is 22.7 Å². The molecule has 1 fully saturated rings. The van der Waals surface area contributed by atoms with Crippen molar-refractivity contribution in [3.05, 3.63) is 33.3 Å². The van der Waals surface area contributed by atoms with Crippen molar-refractivity contribution in [2.45, 2.75) is 19.4 Å². The molecule has 2 atom stereocenters. The van der Waals surface area contributed by atoms with Crippen LogP contribution in [0.25, 0.3) is 0 Å². The monoisotopic (exact) mass is 331 g/mol. The molecule has 1 aliphatic rings. The summed E-state index contributed by atoms with van der Waals surface area (Å²) in [6.45, 7) is 3.04. The summed E-state index contributed by atoms with van der Waals surface area (Å²) in [5.74, 6) is 0.101. The molecule has 5 heteroatoms. The number of aliphatic hydroxyl groups excluding tert-OH is 1. The second-order valence-electron chi connectivity index (χ2n) is 4.64. The Balaban J connectivity index is 2.16. The summed E-state index contributed by atoms with van der Waals surface area (Å²) >= 11 is 9.44. The molecule has 98 valence electrons. The number of aliphatic hydroxyl groups is 1. The van der Waals surface area contributed by atoms with Crippen molar-refractivity contribution in [1.82, 2.24) is 4.90 Å². The summed E-state index contributed by atoms with van der Waals surface area (Å²) in [5, 5.41) is 10.00.